The molecule has 2 atom stereocenters. The second-order valence-electron chi connectivity index (χ2n) is 5.72. The van der Waals surface area contributed by atoms with Gasteiger partial charge in [-0.3, -0.25) is 9.59 Å². The third-order valence-corrected chi connectivity index (χ3v) is 5.66. The Morgan fingerprint density at radius 2 is 2.00 bits per heavy atom. The minimum atomic E-state index is -3.05. The van der Waals surface area contributed by atoms with Gasteiger partial charge < -0.3 is 10.4 Å². The molecule has 1 amide bonds. The Morgan fingerprint density at radius 3 is 2.37 bits per heavy atom. The third kappa shape index (κ3) is 3.92. The van der Waals surface area contributed by atoms with E-state index >= 15 is 0 Å². The van der Waals surface area contributed by atoms with Crippen molar-refractivity contribution in [1.82, 2.24) is 5.32 Å². The van der Waals surface area contributed by atoms with Gasteiger partial charge in [0.1, 0.15) is 0 Å². The fraction of sp³-hybridized carbons (Fsp3) is 0.833. The highest BCUT2D eigenvalue weighted by molar-refractivity contribution is 7.91. The zero-order valence-corrected chi connectivity index (χ0v) is 12.3. The van der Waals surface area contributed by atoms with E-state index in [-0.39, 0.29) is 29.9 Å². The van der Waals surface area contributed by atoms with Gasteiger partial charge in [0, 0.05) is 12.5 Å². The maximum atomic E-state index is 11.9. The number of nitrogens with one attached hydrogen (secondary N) is 1. The molecule has 6 nitrogen and oxygen atoms in total. The summed E-state index contributed by atoms with van der Waals surface area (Å²) in [5, 5.41) is 11.8. The molecule has 19 heavy (non-hydrogen) atoms. The largest absolute Gasteiger partial charge is 0.481 e. The van der Waals surface area contributed by atoms with Gasteiger partial charge in [0.2, 0.25) is 5.91 Å². The lowest BCUT2D eigenvalue weighted by Crippen LogP contribution is -2.42. The van der Waals surface area contributed by atoms with E-state index in [4.69, 9.17) is 0 Å². The van der Waals surface area contributed by atoms with E-state index in [1.54, 1.807) is 13.8 Å². The van der Waals surface area contributed by atoms with Crippen molar-refractivity contribution in [2.75, 3.05) is 11.5 Å². The normalized spacial score (nSPS) is 24.9. The van der Waals surface area contributed by atoms with Crippen LogP contribution in [-0.4, -0.2) is 42.9 Å². The van der Waals surface area contributed by atoms with Gasteiger partial charge in [0.05, 0.1) is 16.9 Å². The van der Waals surface area contributed by atoms with Crippen molar-refractivity contribution in [3.05, 3.63) is 0 Å². The summed E-state index contributed by atoms with van der Waals surface area (Å²) in [5.74, 6) is -1.58. The Hall–Kier alpha value is -1.11. The number of carbonyl (C=O) groups is 2. The Kier molecular flexibility index (Phi) is 4.60. The van der Waals surface area contributed by atoms with Crippen LogP contribution >= 0.6 is 0 Å². The Labute approximate surface area is 113 Å². The van der Waals surface area contributed by atoms with Gasteiger partial charge in [0.15, 0.2) is 9.84 Å². The van der Waals surface area contributed by atoms with E-state index in [1.807, 2.05) is 0 Å². The molecular formula is C12H21NO5S. The molecule has 2 unspecified atom stereocenters. The van der Waals surface area contributed by atoms with Crippen molar-refractivity contribution in [3.63, 3.8) is 0 Å². The number of carbonyl (C=O) groups excluding carboxylic acids is 1. The average molecular weight is 291 g/mol. The Morgan fingerprint density at radius 1 is 1.42 bits per heavy atom. The molecule has 110 valence electrons. The molecule has 1 heterocycles. The molecule has 0 aromatic heterocycles. The first-order valence-electron chi connectivity index (χ1n) is 6.30. The summed E-state index contributed by atoms with van der Waals surface area (Å²) >= 11 is 0. The van der Waals surface area contributed by atoms with Crippen LogP contribution in [0, 0.1) is 11.3 Å². The van der Waals surface area contributed by atoms with E-state index in [0.29, 0.717) is 6.42 Å². The predicted octanol–water partition coefficient (Wildman–Crippen LogP) is 0.427. The number of carboxylic acid groups (broad SMARTS) is 1. The zero-order chi connectivity index (χ0) is 14.8. The molecule has 1 fully saturated rings. The topological polar surface area (TPSA) is 101 Å². The van der Waals surface area contributed by atoms with Crippen LogP contribution in [0.5, 0.6) is 0 Å². The van der Waals surface area contributed by atoms with Crippen molar-refractivity contribution >= 4 is 21.7 Å². The SMILES string of the molecule is CC(C)C(C)(CC(=O)NC1CCS(=O)(=O)C1)C(=O)O. The van der Waals surface area contributed by atoms with E-state index < -0.39 is 27.1 Å². The molecule has 0 bridgehead atoms. The van der Waals surface area contributed by atoms with Gasteiger partial charge in [-0.15, -0.1) is 0 Å². The number of aliphatic carboxylic acids is 1. The average Bonchev–Trinajstić information content (AvgIpc) is 2.56. The summed E-state index contributed by atoms with van der Waals surface area (Å²) in [6.07, 6.45) is 0.260. The first-order chi connectivity index (χ1) is 8.57. The maximum absolute atomic E-state index is 11.9. The summed E-state index contributed by atoms with van der Waals surface area (Å²) in [7, 11) is -3.05. The number of hydrogen-bond acceptors (Lipinski definition) is 4. The van der Waals surface area contributed by atoms with Crippen molar-refractivity contribution in [3.8, 4) is 0 Å². The molecule has 0 radical (unpaired) electrons. The number of hydrogen-bond donors (Lipinski definition) is 2. The van der Waals surface area contributed by atoms with Crippen LogP contribution in [0.15, 0.2) is 0 Å². The molecular weight excluding hydrogens is 270 g/mol. The predicted molar refractivity (Wildman–Crippen MR) is 70.4 cm³/mol. The lowest BCUT2D eigenvalue weighted by Gasteiger charge is -2.28. The van der Waals surface area contributed by atoms with Crippen LogP contribution in [0.25, 0.3) is 0 Å². The summed E-state index contributed by atoms with van der Waals surface area (Å²) < 4.78 is 22.6. The van der Waals surface area contributed by atoms with Gasteiger partial charge in [-0.1, -0.05) is 13.8 Å². The minimum Gasteiger partial charge on any atom is -0.481 e. The standard InChI is InChI=1S/C12H21NO5S/c1-8(2)12(3,11(15)16)6-10(14)13-9-4-5-19(17,18)7-9/h8-9H,4-7H2,1-3H3,(H,13,14)(H,15,16). The lowest BCUT2D eigenvalue weighted by atomic mass is 9.76. The molecule has 1 aliphatic rings. The summed E-state index contributed by atoms with van der Waals surface area (Å²) in [6.45, 7) is 5.04. The van der Waals surface area contributed by atoms with Crippen LogP contribution in [0.4, 0.5) is 0 Å². The summed E-state index contributed by atoms with van der Waals surface area (Å²) in [4.78, 5) is 23.1. The van der Waals surface area contributed by atoms with E-state index in [1.165, 1.54) is 6.92 Å². The van der Waals surface area contributed by atoms with E-state index in [2.05, 4.69) is 5.32 Å². The smallest absolute Gasteiger partial charge is 0.310 e. The highest BCUT2D eigenvalue weighted by Crippen LogP contribution is 2.31. The molecule has 0 aliphatic carbocycles. The Bertz CT molecular complexity index is 471. The monoisotopic (exact) mass is 291 g/mol. The number of sulfone groups is 1. The quantitative estimate of drug-likeness (QED) is 0.765. The lowest BCUT2D eigenvalue weighted by molar-refractivity contribution is -0.153. The van der Waals surface area contributed by atoms with Crippen molar-refractivity contribution < 1.29 is 23.1 Å². The number of carboxylic acids is 1. The molecule has 2 N–H and O–H groups in total. The van der Waals surface area contributed by atoms with Crippen LogP contribution in [0.1, 0.15) is 33.6 Å². The van der Waals surface area contributed by atoms with Gasteiger partial charge >= 0.3 is 5.97 Å². The molecule has 1 aliphatic heterocycles. The van der Waals surface area contributed by atoms with Crippen molar-refractivity contribution in [2.45, 2.75) is 39.7 Å². The third-order valence-electron chi connectivity index (χ3n) is 3.89. The molecule has 0 aromatic carbocycles. The first kappa shape index (κ1) is 15.9. The second-order valence-corrected chi connectivity index (χ2v) is 7.95. The molecule has 7 heteroatoms. The fourth-order valence-corrected chi connectivity index (χ4v) is 3.72. The zero-order valence-electron chi connectivity index (χ0n) is 11.5. The highest BCUT2D eigenvalue weighted by Gasteiger charge is 2.39. The summed E-state index contributed by atoms with van der Waals surface area (Å²) in [5.41, 5.74) is -1.14. The van der Waals surface area contributed by atoms with Crippen LogP contribution in [-0.2, 0) is 19.4 Å². The van der Waals surface area contributed by atoms with Gasteiger partial charge in [-0.25, -0.2) is 8.42 Å². The second kappa shape index (κ2) is 5.48. The van der Waals surface area contributed by atoms with E-state index in [0.717, 1.165) is 0 Å². The molecule has 0 spiro atoms. The minimum absolute atomic E-state index is 0.0514. The summed E-state index contributed by atoms with van der Waals surface area (Å²) in [6, 6.07) is -0.386. The van der Waals surface area contributed by atoms with Crippen LogP contribution in [0.2, 0.25) is 0 Å². The molecule has 0 aromatic rings. The van der Waals surface area contributed by atoms with Crippen LogP contribution in [0.3, 0.4) is 0 Å². The van der Waals surface area contributed by atoms with Gasteiger partial charge in [-0.2, -0.15) is 0 Å². The fourth-order valence-electron chi connectivity index (χ4n) is 2.05. The first-order valence-corrected chi connectivity index (χ1v) is 8.12. The molecule has 1 rings (SSSR count). The van der Waals surface area contributed by atoms with Gasteiger partial charge in [0.25, 0.3) is 0 Å². The van der Waals surface area contributed by atoms with E-state index in [9.17, 15) is 23.1 Å². The van der Waals surface area contributed by atoms with Crippen molar-refractivity contribution in [2.24, 2.45) is 11.3 Å². The van der Waals surface area contributed by atoms with Crippen molar-refractivity contribution in [1.29, 1.82) is 0 Å². The highest BCUT2D eigenvalue weighted by atomic mass is 32.2. The molecule has 0 saturated carbocycles. The van der Waals surface area contributed by atoms with Crippen LogP contribution < -0.4 is 5.32 Å². The van der Waals surface area contributed by atoms with Gasteiger partial charge in [-0.05, 0) is 19.3 Å². The Balaban J connectivity index is 2.63. The molecule has 1 saturated heterocycles. The maximum Gasteiger partial charge on any atom is 0.310 e. The number of amides is 1. The number of rotatable bonds is 5.